The summed E-state index contributed by atoms with van der Waals surface area (Å²) in [6, 6.07) is 5.25. The number of nitrogens with one attached hydrogen (secondary N) is 1. The molecule has 20 heavy (non-hydrogen) atoms. The molecule has 0 spiro atoms. The lowest BCUT2D eigenvalue weighted by Gasteiger charge is -2.36. The number of likely N-dealkylation sites (tertiary alicyclic amines) is 1. The smallest absolute Gasteiger partial charge is 0.238 e. The van der Waals surface area contributed by atoms with Crippen LogP contribution in [-0.4, -0.2) is 39.0 Å². The minimum atomic E-state index is -3.71. The predicted octanol–water partition coefficient (Wildman–Crippen LogP) is 1.88. The predicted molar refractivity (Wildman–Crippen MR) is 81.6 cm³/mol. The fourth-order valence-electron chi connectivity index (χ4n) is 2.43. The van der Waals surface area contributed by atoms with Crippen molar-refractivity contribution in [2.45, 2.75) is 36.7 Å². The van der Waals surface area contributed by atoms with E-state index < -0.39 is 10.0 Å². The SMILES string of the molecule is CC1CC(Nc2cc(S(N)(=O)=O)ccc2Cl)CCN1C. The summed E-state index contributed by atoms with van der Waals surface area (Å²) in [5, 5.41) is 8.98. The number of rotatable bonds is 3. The Morgan fingerprint density at radius 1 is 1.45 bits per heavy atom. The van der Waals surface area contributed by atoms with Gasteiger partial charge in [0.25, 0.3) is 0 Å². The number of nitrogens with two attached hydrogens (primary N) is 1. The molecular formula is C13H20ClN3O2S. The summed E-state index contributed by atoms with van der Waals surface area (Å²) in [6.07, 6.45) is 1.99. The standard InChI is InChI=1S/C13H20ClN3O2S/c1-9-7-10(5-6-17(9)2)16-13-8-11(20(15,18)19)3-4-12(13)14/h3-4,8-10,16H,5-7H2,1-2H3,(H2,15,18,19). The minimum absolute atomic E-state index is 0.0744. The van der Waals surface area contributed by atoms with Gasteiger partial charge < -0.3 is 10.2 Å². The Morgan fingerprint density at radius 3 is 2.75 bits per heavy atom. The van der Waals surface area contributed by atoms with Crippen molar-refractivity contribution in [1.82, 2.24) is 4.90 Å². The number of hydrogen-bond donors (Lipinski definition) is 2. The zero-order valence-electron chi connectivity index (χ0n) is 11.6. The highest BCUT2D eigenvalue weighted by Gasteiger charge is 2.23. The molecule has 0 amide bonds. The van der Waals surface area contributed by atoms with Crippen LogP contribution in [0.4, 0.5) is 5.69 Å². The Kier molecular flexibility index (Phi) is 4.59. The molecule has 1 aromatic rings. The van der Waals surface area contributed by atoms with Crippen LogP contribution < -0.4 is 10.5 Å². The maximum Gasteiger partial charge on any atom is 0.238 e. The molecule has 1 aliphatic rings. The Bertz CT molecular complexity index is 591. The fraction of sp³-hybridized carbons (Fsp3) is 0.538. The lowest BCUT2D eigenvalue weighted by molar-refractivity contribution is 0.190. The molecule has 0 bridgehead atoms. The van der Waals surface area contributed by atoms with Crippen LogP contribution in [0.15, 0.2) is 23.1 Å². The first-order chi connectivity index (χ1) is 9.27. The number of halogens is 1. The lowest BCUT2D eigenvalue weighted by Crippen LogP contribution is -2.42. The molecule has 1 aromatic carbocycles. The van der Waals surface area contributed by atoms with E-state index in [4.69, 9.17) is 16.7 Å². The summed E-state index contributed by atoms with van der Waals surface area (Å²) in [5.41, 5.74) is 0.625. The minimum Gasteiger partial charge on any atom is -0.381 e. The topological polar surface area (TPSA) is 75.4 Å². The van der Waals surface area contributed by atoms with Gasteiger partial charge in [-0.3, -0.25) is 0 Å². The quantitative estimate of drug-likeness (QED) is 0.892. The Labute approximate surface area is 125 Å². The molecule has 112 valence electrons. The van der Waals surface area contributed by atoms with E-state index in [1.807, 2.05) is 0 Å². The number of hydrogen-bond acceptors (Lipinski definition) is 4. The van der Waals surface area contributed by atoms with Crippen molar-refractivity contribution in [3.05, 3.63) is 23.2 Å². The third-order valence-corrected chi connectivity index (χ3v) is 5.07. The van der Waals surface area contributed by atoms with Gasteiger partial charge in [0, 0.05) is 18.6 Å². The number of nitrogens with zero attached hydrogens (tertiary/aromatic N) is 1. The maximum atomic E-state index is 11.4. The van der Waals surface area contributed by atoms with Crippen LogP contribution in [-0.2, 0) is 10.0 Å². The van der Waals surface area contributed by atoms with Crippen molar-refractivity contribution in [3.8, 4) is 0 Å². The van der Waals surface area contributed by atoms with Crippen molar-refractivity contribution in [3.63, 3.8) is 0 Å². The number of anilines is 1. The second kappa shape index (κ2) is 5.89. The first-order valence-electron chi connectivity index (χ1n) is 6.56. The van der Waals surface area contributed by atoms with Gasteiger partial charge >= 0.3 is 0 Å². The average molecular weight is 318 g/mol. The second-order valence-electron chi connectivity index (χ2n) is 5.38. The highest BCUT2D eigenvalue weighted by molar-refractivity contribution is 7.89. The van der Waals surface area contributed by atoms with Crippen molar-refractivity contribution >= 4 is 27.3 Å². The van der Waals surface area contributed by atoms with Crippen LogP contribution in [0.3, 0.4) is 0 Å². The van der Waals surface area contributed by atoms with Crippen molar-refractivity contribution < 1.29 is 8.42 Å². The van der Waals surface area contributed by atoms with Crippen LogP contribution in [0.25, 0.3) is 0 Å². The van der Waals surface area contributed by atoms with Crippen molar-refractivity contribution in [1.29, 1.82) is 0 Å². The number of benzene rings is 1. The highest BCUT2D eigenvalue weighted by atomic mass is 35.5. The van der Waals surface area contributed by atoms with E-state index in [-0.39, 0.29) is 10.9 Å². The van der Waals surface area contributed by atoms with Gasteiger partial charge in [-0.1, -0.05) is 11.6 Å². The number of primary sulfonamides is 1. The van der Waals surface area contributed by atoms with Gasteiger partial charge in [-0.05, 0) is 45.0 Å². The van der Waals surface area contributed by atoms with E-state index in [9.17, 15) is 8.42 Å². The molecular weight excluding hydrogens is 298 g/mol. The molecule has 7 heteroatoms. The first-order valence-corrected chi connectivity index (χ1v) is 8.49. The van der Waals surface area contributed by atoms with Gasteiger partial charge in [-0.25, -0.2) is 13.6 Å². The highest BCUT2D eigenvalue weighted by Crippen LogP contribution is 2.28. The molecule has 1 fully saturated rings. The lowest BCUT2D eigenvalue weighted by atomic mass is 9.99. The zero-order chi connectivity index (χ0) is 14.9. The van der Waals surface area contributed by atoms with E-state index in [1.54, 1.807) is 6.07 Å². The van der Waals surface area contributed by atoms with Gasteiger partial charge in [0.05, 0.1) is 15.6 Å². The maximum absolute atomic E-state index is 11.4. The molecule has 1 aliphatic heterocycles. The molecule has 0 aliphatic carbocycles. The molecule has 1 saturated heterocycles. The summed E-state index contributed by atoms with van der Waals surface area (Å²) >= 11 is 6.12. The molecule has 0 saturated carbocycles. The summed E-state index contributed by atoms with van der Waals surface area (Å²) in [4.78, 5) is 2.38. The summed E-state index contributed by atoms with van der Waals surface area (Å²) in [5.74, 6) is 0. The monoisotopic (exact) mass is 317 g/mol. The van der Waals surface area contributed by atoms with E-state index in [0.717, 1.165) is 19.4 Å². The molecule has 2 unspecified atom stereocenters. The fourth-order valence-corrected chi connectivity index (χ4v) is 3.14. The van der Waals surface area contributed by atoms with Crippen LogP contribution in [0.2, 0.25) is 5.02 Å². The van der Waals surface area contributed by atoms with Crippen LogP contribution in [0.1, 0.15) is 19.8 Å². The van der Waals surface area contributed by atoms with Crippen LogP contribution >= 0.6 is 11.6 Å². The normalized spacial score (nSPS) is 24.6. The molecule has 2 rings (SSSR count). The Morgan fingerprint density at radius 2 is 2.15 bits per heavy atom. The van der Waals surface area contributed by atoms with Crippen molar-refractivity contribution in [2.24, 2.45) is 5.14 Å². The number of sulfonamides is 1. The van der Waals surface area contributed by atoms with Gasteiger partial charge in [0.2, 0.25) is 10.0 Å². The summed E-state index contributed by atoms with van der Waals surface area (Å²) in [6.45, 7) is 3.18. The third kappa shape index (κ3) is 3.63. The largest absolute Gasteiger partial charge is 0.381 e. The molecule has 2 atom stereocenters. The van der Waals surface area contributed by atoms with Gasteiger partial charge in [-0.15, -0.1) is 0 Å². The Balaban J connectivity index is 2.17. The van der Waals surface area contributed by atoms with Crippen molar-refractivity contribution in [2.75, 3.05) is 18.9 Å². The first kappa shape index (κ1) is 15.6. The summed E-state index contributed by atoms with van der Waals surface area (Å²) < 4.78 is 22.8. The molecule has 0 radical (unpaired) electrons. The van der Waals surface area contributed by atoms with Crippen LogP contribution in [0, 0.1) is 0 Å². The molecule has 5 nitrogen and oxygen atoms in total. The number of piperidine rings is 1. The van der Waals surface area contributed by atoms with Gasteiger partial charge in [0.1, 0.15) is 0 Å². The molecule has 0 aromatic heterocycles. The average Bonchev–Trinajstić information content (AvgIpc) is 2.35. The zero-order valence-corrected chi connectivity index (χ0v) is 13.2. The Hall–Kier alpha value is -0.820. The second-order valence-corrected chi connectivity index (χ2v) is 7.35. The molecule has 3 N–H and O–H groups in total. The van der Waals surface area contributed by atoms with Crippen LogP contribution in [0.5, 0.6) is 0 Å². The van der Waals surface area contributed by atoms with Gasteiger partial charge in [0.15, 0.2) is 0 Å². The van der Waals surface area contributed by atoms with E-state index >= 15 is 0 Å². The van der Waals surface area contributed by atoms with E-state index in [0.29, 0.717) is 16.8 Å². The van der Waals surface area contributed by atoms with Gasteiger partial charge in [-0.2, -0.15) is 0 Å². The summed E-state index contributed by atoms with van der Waals surface area (Å²) in [7, 11) is -1.60. The van der Waals surface area contributed by atoms with E-state index in [2.05, 4.69) is 24.2 Å². The van der Waals surface area contributed by atoms with E-state index in [1.165, 1.54) is 12.1 Å². The third-order valence-electron chi connectivity index (χ3n) is 3.83. The molecule has 1 heterocycles.